The molecule has 0 aliphatic carbocycles. The second-order valence-corrected chi connectivity index (χ2v) is 5.01. The molecule has 0 aliphatic rings. The van der Waals surface area contributed by atoms with Gasteiger partial charge in [0, 0.05) is 17.3 Å². The first-order valence-corrected chi connectivity index (χ1v) is 6.81. The molecule has 1 N–H and O–H groups in total. The highest BCUT2D eigenvalue weighted by Gasteiger charge is 2.13. The number of carbonyl (C=O) groups is 1. The van der Waals surface area contributed by atoms with Crippen molar-refractivity contribution in [2.75, 3.05) is 5.32 Å². The average molecular weight is 316 g/mol. The number of nitrogens with one attached hydrogen (secondary N) is 1. The van der Waals surface area contributed by atoms with Crippen LogP contribution in [0.25, 0.3) is 10.9 Å². The number of aromatic nitrogens is 1. The molecule has 0 atom stereocenters. The van der Waals surface area contributed by atoms with Gasteiger partial charge in [-0.05, 0) is 42.0 Å². The van der Waals surface area contributed by atoms with E-state index in [2.05, 4.69) is 10.3 Å². The summed E-state index contributed by atoms with van der Waals surface area (Å²) < 4.78 is 39.2. The maximum absolute atomic E-state index is 13.1. The number of carbonyl (C=O) groups excluding carboxylic acids is 1. The summed E-state index contributed by atoms with van der Waals surface area (Å²) in [5, 5.41) is 3.48. The van der Waals surface area contributed by atoms with Gasteiger partial charge in [-0.15, -0.1) is 0 Å². The molecule has 0 unspecified atom stereocenters. The van der Waals surface area contributed by atoms with Crippen LogP contribution >= 0.6 is 0 Å². The summed E-state index contributed by atoms with van der Waals surface area (Å²) in [4.78, 5) is 16.1. The van der Waals surface area contributed by atoms with E-state index in [1.54, 1.807) is 30.5 Å². The lowest BCUT2D eigenvalue weighted by Crippen LogP contribution is -2.15. The Morgan fingerprint density at radius 3 is 2.52 bits per heavy atom. The van der Waals surface area contributed by atoms with Crippen LogP contribution in [0.4, 0.5) is 18.9 Å². The van der Waals surface area contributed by atoms with Crippen molar-refractivity contribution < 1.29 is 18.0 Å². The Kier molecular flexibility index (Phi) is 3.97. The first-order valence-electron chi connectivity index (χ1n) is 6.81. The topological polar surface area (TPSA) is 42.0 Å². The van der Waals surface area contributed by atoms with Crippen molar-refractivity contribution in [3.63, 3.8) is 0 Å². The van der Waals surface area contributed by atoms with E-state index in [0.717, 1.165) is 23.0 Å². The summed E-state index contributed by atoms with van der Waals surface area (Å²) in [6.45, 7) is 0. The molecule has 0 aliphatic heterocycles. The molecule has 0 bridgehead atoms. The predicted octanol–water partition coefficient (Wildman–Crippen LogP) is 3.83. The molecule has 2 aromatic carbocycles. The Morgan fingerprint density at radius 2 is 1.78 bits per heavy atom. The highest BCUT2D eigenvalue weighted by molar-refractivity contribution is 5.94. The van der Waals surface area contributed by atoms with Gasteiger partial charge in [0.25, 0.3) is 0 Å². The fraction of sp³-hybridized carbons (Fsp3) is 0.0588. The molecule has 1 amide bonds. The smallest absolute Gasteiger partial charge is 0.228 e. The lowest BCUT2D eigenvalue weighted by atomic mass is 10.1. The summed E-state index contributed by atoms with van der Waals surface area (Å²) in [6, 6.07) is 10.4. The number of anilines is 1. The third-order valence-corrected chi connectivity index (χ3v) is 3.30. The predicted molar refractivity (Wildman–Crippen MR) is 80.4 cm³/mol. The van der Waals surface area contributed by atoms with E-state index >= 15 is 0 Å². The van der Waals surface area contributed by atoms with Gasteiger partial charge in [-0.3, -0.25) is 9.78 Å². The van der Waals surface area contributed by atoms with Crippen LogP contribution in [0.1, 0.15) is 5.56 Å². The summed E-state index contributed by atoms with van der Waals surface area (Å²) in [7, 11) is 0. The van der Waals surface area contributed by atoms with Gasteiger partial charge in [0.1, 0.15) is 0 Å². The van der Waals surface area contributed by atoms with Crippen molar-refractivity contribution in [3.05, 3.63) is 71.7 Å². The van der Waals surface area contributed by atoms with E-state index in [0.29, 0.717) is 5.69 Å². The molecule has 0 spiro atoms. The fourth-order valence-corrected chi connectivity index (χ4v) is 2.25. The van der Waals surface area contributed by atoms with Gasteiger partial charge in [-0.1, -0.05) is 6.07 Å². The van der Waals surface area contributed by atoms with E-state index in [1.165, 1.54) is 0 Å². The minimum atomic E-state index is -1.55. The van der Waals surface area contributed by atoms with Crippen molar-refractivity contribution in [1.82, 2.24) is 4.98 Å². The Balaban J connectivity index is 1.75. The van der Waals surface area contributed by atoms with Crippen molar-refractivity contribution in [2.45, 2.75) is 6.42 Å². The number of nitrogens with zero attached hydrogens (tertiary/aromatic N) is 1. The Labute approximate surface area is 129 Å². The van der Waals surface area contributed by atoms with Crippen LogP contribution in [0.2, 0.25) is 0 Å². The number of benzene rings is 2. The van der Waals surface area contributed by atoms with Crippen LogP contribution in [-0.4, -0.2) is 10.9 Å². The molecule has 3 nitrogen and oxygen atoms in total. The minimum Gasteiger partial charge on any atom is -0.326 e. The minimum absolute atomic E-state index is 0.0568. The van der Waals surface area contributed by atoms with Crippen LogP contribution in [0.5, 0.6) is 0 Å². The molecule has 0 radical (unpaired) electrons. The van der Waals surface area contributed by atoms with Gasteiger partial charge >= 0.3 is 0 Å². The average Bonchev–Trinajstić information content (AvgIpc) is 2.52. The van der Waals surface area contributed by atoms with E-state index in [4.69, 9.17) is 0 Å². The van der Waals surface area contributed by atoms with Gasteiger partial charge in [-0.25, -0.2) is 13.2 Å². The first-order chi connectivity index (χ1) is 11.0. The zero-order chi connectivity index (χ0) is 16.4. The Morgan fingerprint density at radius 1 is 1.04 bits per heavy atom. The van der Waals surface area contributed by atoms with Crippen LogP contribution < -0.4 is 5.32 Å². The van der Waals surface area contributed by atoms with Crippen molar-refractivity contribution in [3.8, 4) is 0 Å². The lowest BCUT2D eigenvalue weighted by molar-refractivity contribution is -0.115. The van der Waals surface area contributed by atoms with Crippen molar-refractivity contribution >= 4 is 22.5 Å². The SMILES string of the molecule is O=C(Cc1cc(F)c(F)c(F)c1)Nc1ccc2ncccc2c1. The Hall–Kier alpha value is -2.89. The van der Waals surface area contributed by atoms with Crippen LogP contribution in [0.3, 0.4) is 0 Å². The molecule has 0 fully saturated rings. The summed E-state index contributed by atoms with van der Waals surface area (Å²) in [5.41, 5.74) is 1.38. The van der Waals surface area contributed by atoms with Crippen LogP contribution in [0.15, 0.2) is 48.7 Å². The van der Waals surface area contributed by atoms with E-state index in [-0.39, 0.29) is 12.0 Å². The number of rotatable bonds is 3. The normalized spacial score (nSPS) is 10.7. The first kappa shape index (κ1) is 15.0. The monoisotopic (exact) mass is 316 g/mol. The molecular formula is C17H11F3N2O. The van der Waals surface area contributed by atoms with Gasteiger partial charge in [0.15, 0.2) is 17.5 Å². The standard InChI is InChI=1S/C17H11F3N2O/c18-13-6-10(7-14(19)17(13)20)8-16(23)22-12-3-4-15-11(9-12)2-1-5-21-15/h1-7,9H,8H2,(H,22,23). The van der Waals surface area contributed by atoms with Gasteiger partial charge in [0.2, 0.25) is 5.91 Å². The molecule has 23 heavy (non-hydrogen) atoms. The third-order valence-electron chi connectivity index (χ3n) is 3.30. The second-order valence-electron chi connectivity index (χ2n) is 5.01. The van der Waals surface area contributed by atoms with E-state index in [1.807, 2.05) is 6.07 Å². The largest absolute Gasteiger partial charge is 0.326 e. The summed E-state index contributed by atoms with van der Waals surface area (Å²) >= 11 is 0. The summed E-state index contributed by atoms with van der Waals surface area (Å²) in [6.07, 6.45) is 1.40. The number of fused-ring (bicyclic) bond motifs is 1. The number of amides is 1. The second kappa shape index (κ2) is 6.08. The quantitative estimate of drug-likeness (QED) is 0.746. The molecule has 3 aromatic rings. The number of halogens is 3. The maximum Gasteiger partial charge on any atom is 0.228 e. The molecule has 3 rings (SSSR count). The van der Waals surface area contributed by atoms with Crippen molar-refractivity contribution in [1.29, 1.82) is 0 Å². The summed E-state index contributed by atoms with van der Waals surface area (Å²) in [5.74, 6) is -4.64. The maximum atomic E-state index is 13.1. The lowest BCUT2D eigenvalue weighted by Gasteiger charge is -2.07. The molecule has 0 saturated carbocycles. The van der Waals surface area contributed by atoms with Gasteiger partial charge in [0.05, 0.1) is 11.9 Å². The molecule has 1 heterocycles. The van der Waals surface area contributed by atoms with Crippen LogP contribution in [0, 0.1) is 17.5 Å². The highest BCUT2D eigenvalue weighted by Crippen LogP contribution is 2.18. The molecular weight excluding hydrogens is 305 g/mol. The van der Waals surface area contributed by atoms with Crippen molar-refractivity contribution in [2.24, 2.45) is 0 Å². The molecule has 0 saturated heterocycles. The number of pyridine rings is 1. The van der Waals surface area contributed by atoms with Crippen LogP contribution in [-0.2, 0) is 11.2 Å². The number of hydrogen-bond donors (Lipinski definition) is 1. The fourth-order valence-electron chi connectivity index (χ4n) is 2.25. The van der Waals surface area contributed by atoms with E-state index in [9.17, 15) is 18.0 Å². The highest BCUT2D eigenvalue weighted by atomic mass is 19.2. The van der Waals surface area contributed by atoms with E-state index < -0.39 is 23.4 Å². The third kappa shape index (κ3) is 3.31. The zero-order valence-corrected chi connectivity index (χ0v) is 11.8. The molecule has 116 valence electrons. The molecule has 6 heteroatoms. The number of hydrogen-bond acceptors (Lipinski definition) is 2. The zero-order valence-electron chi connectivity index (χ0n) is 11.8. The van der Waals surface area contributed by atoms with Gasteiger partial charge < -0.3 is 5.32 Å². The van der Waals surface area contributed by atoms with Gasteiger partial charge in [-0.2, -0.15) is 0 Å². The Bertz CT molecular complexity index is 873. The molecule has 1 aromatic heterocycles.